The van der Waals surface area contributed by atoms with Crippen molar-refractivity contribution in [2.45, 2.75) is 0 Å². The van der Waals surface area contributed by atoms with Gasteiger partial charge in [-0.3, -0.25) is 20.2 Å². The van der Waals surface area contributed by atoms with Crippen LogP contribution in [0.25, 0.3) is 0 Å². The van der Waals surface area contributed by atoms with Gasteiger partial charge in [0.15, 0.2) is 5.69 Å². The molecule has 2 rings (SSSR count). The molecular formula is C14H9N3O8. The van der Waals surface area contributed by atoms with Crippen LogP contribution in [0.1, 0.15) is 20.7 Å². The minimum absolute atomic E-state index is 0.0456. The fourth-order valence-electron chi connectivity index (χ4n) is 1.99. The van der Waals surface area contributed by atoms with Crippen LogP contribution >= 0.6 is 0 Å². The van der Waals surface area contributed by atoms with E-state index >= 15 is 0 Å². The van der Waals surface area contributed by atoms with Gasteiger partial charge in [0.05, 0.1) is 21.0 Å². The largest absolute Gasteiger partial charge is 0.478 e. The van der Waals surface area contributed by atoms with Crippen molar-refractivity contribution in [2.75, 3.05) is 5.32 Å². The minimum Gasteiger partial charge on any atom is -0.478 e. The Hall–Kier alpha value is -4.02. The molecule has 2 aromatic rings. The van der Waals surface area contributed by atoms with Crippen molar-refractivity contribution >= 4 is 34.7 Å². The number of carbonyl (C=O) groups is 2. The maximum Gasteiger partial charge on any atom is 0.336 e. The lowest BCUT2D eigenvalue weighted by Crippen LogP contribution is -2.06. The molecular weight excluding hydrogens is 338 g/mol. The van der Waals surface area contributed by atoms with E-state index in [1.54, 1.807) is 0 Å². The summed E-state index contributed by atoms with van der Waals surface area (Å²) in [6, 6.07) is 6.33. The van der Waals surface area contributed by atoms with Gasteiger partial charge in [-0.1, -0.05) is 0 Å². The molecule has 0 fully saturated rings. The Morgan fingerprint density at radius 2 is 1.28 bits per heavy atom. The predicted octanol–water partition coefficient (Wildman–Crippen LogP) is 2.64. The van der Waals surface area contributed by atoms with Gasteiger partial charge in [-0.25, -0.2) is 9.59 Å². The van der Waals surface area contributed by atoms with Crippen molar-refractivity contribution in [2.24, 2.45) is 0 Å². The number of benzene rings is 2. The van der Waals surface area contributed by atoms with Crippen LogP contribution in [0.4, 0.5) is 22.7 Å². The topological polar surface area (TPSA) is 173 Å². The number of anilines is 2. The van der Waals surface area contributed by atoms with Crippen LogP contribution < -0.4 is 5.32 Å². The molecule has 0 atom stereocenters. The van der Waals surface area contributed by atoms with Gasteiger partial charge in [0, 0.05) is 17.8 Å². The van der Waals surface area contributed by atoms with Gasteiger partial charge in [0.1, 0.15) is 0 Å². The zero-order valence-corrected chi connectivity index (χ0v) is 12.2. The molecule has 0 aromatic heterocycles. The highest BCUT2D eigenvalue weighted by Gasteiger charge is 2.28. The summed E-state index contributed by atoms with van der Waals surface area (Å²) in [5.74, 6) is -2.74. The molecule has 0 aliphatic heterocycles. The van der Waals surface area contributed by atoms with Crippen LogP contribution in [0.3, 0.4) is 0 Å². The molecule has 0 aliphatic carbocycles. The Balaban J connectivity index is 2.58. The zero-order chi connectivity index (χ0) is 18.7. The predicted molar refractivity (Wildman–Crippen MR) is 83.4 cm³/mol. The zero-order valence-electron chi connectivity index (χ0n) is 12.2. The monoisotopic (exact) mass is 347 g/mol. The maximum atomic E-state index is 11.2. The first-order chi connectivity index (χ1) is 11.7. The number of hydrogen-bond donors (Lipinski definition) is 3. The summed E-state index contributed by atoms with van der Waals surface area (Å²) in [7, 11) is 0. The molecule has 2 aromatic carbocycles. The minimum atomic E-state index is -1.55. The molecule has 11 nitrogen and oxygen atoms in total. The van der Waals surface area contributed by atoms with Gasteiger partial charge < -0.3 is 15.5 Å². The lowest BCUT2D eigenvalue weighted by atomic mass is 10.1. The third kappa shape index (κ3) is 3.67. The van der Waals surface area contributed by atoms with Crippen LogP contribution in [0.2, 0.25) is 0 Å². The SMILES string of the molecule is O=C(O)c1ccc(Nc2c([N+](=O)[O-])cc(C(=O)O)cc2[N+](=O)[O-])cc1. The molecule has 11 heteroatoms. The molecule has 0 saturated heterocycles. The van der Waals surface area contributed by atoms with E-state index in [1.165, 1.54) is 24.3 Å². The first kappa shape index (κ1) is 17.3. The Labute approximate surface area is 138 Å². The fourth-order valence-corrected chi connectivity index (χ4v) is 1.99. The van der Waals surface area contributed by atoms with E-state index in [1.807, 2.05) is 0 Å². The average Bonchev–Trinajstić information content (AvgIpc) is 2.54. The number of nitrogens with zero attached hydrogens (tertiary/aromatic N) is 2. The molecule has 0 saturated carbocycles. The Morgan fingerprint density at radius 3 is 1.64 bits per heavy atom. The quantitative estimate of drug-likeness (QED) is 0.524. The summed E-state index contributed by atoms with van der Waals surface area (Å²) < 4.78 is 0. The molecule has 0 amide bonds. The van der Waals surface area contributed by atoms with Gasteiger partial charge in [-0.05, 0) is 24.3 Å². The van der Waals surface area contributed by atoms with Gasteiger partial charge >= 0.3 is 23.3 Å². The van der Waals surface area contributed by atoms with E-state index in [0.717, 1.165) is 0 Å². The van der Waals surface area contributed by atoms with E-state index in [-0.39, 0.29) is 11.3 Å². The highest BCUT2D eigenvalue weighted by atomic mass is 16.6. The van der Waals surface area contributed by atoms with E-state index in [2.05, 4.69) is 5.32 Å². The molecule has 0 heterocycles. The summed E-state index contributed by atoms with van der Waals surface area (Å²) in [6.07, 6.45) is 0. The van der Waals surface area contributed by atoms with Crippen molar-refractivity contribution in [1.29, 1.82) is 0 Å². The summed E-state index contributed by atoms with van der Waals surface area (Å²) in [5.41, 5.74) is -2.61. The lowest BCUT2D eigenvalue weighted by Gasteiger charge is -2.09. The fraction of sp³-hybridized carbons (Fsp3) is 0. The van der Waals surface area contributed by atoms with Crippen LogP contribution in [-0.2, 0) is 0 Å². The molecule has 0 spiro atoms. The highest BCUT2D eigenvalue weighted by molar-refractivity contribution is 5.93. The van der Waals surface area contributed by atoms with Crippen LogP contribution in [0.15, 0.2) is 36.4 Å². The summed E-state index contributed by atoms with van der Waals surface area (Å²) in [6.45, 7) is 0. The summed E-state index contributed by atoms with van der Waals surface area (Å²) in [4.78, 5) is 42.3. The number of carboxylic acid groups (broad SMARTS) is 2. The smallest absolute Gasteiger partial charge is 0.336 e. The normalized spacial score (nSPS) is 10.1. The third-order valence-corrected chi connectivity index (χ3v) is 3.14. The van der Waals surface area contributed by atoms with Crippen molar-refractivity contribution in [1.82, 2.24) is 0 Å². The molecule has 0 bridgehead atoms. The van der Waals surface area contributed by atoms with Gasteiger partial charge in [-0.2, -0.15) is 0 Å². The number of hydrogen-bond acceptors (Lipinski definition) is 7. The Bertz CT molecular complexity index is 856. The van der Waals surface area contributed by atoms with Gasteiger partial charge in [0.2, 0.25) is 0 Å². The van der Waals surface area contributed by atoms with Crippen molar-refractivity contribution in [3.63, 3.8) is 0 Å². The second-order valence-corrected chi connectivity index (χ2v) is 4.72. The first-order valence-electron chi connectivity index (χ1n) is 6.51. The third-order valence-electron chi connectivity index (χ3n) is 3.14. The standard InChI is InChI=1S/C14H9N3O8/c18-13(19)7-1-3-9(4-2-7)15-12-10(16(22)23)5-8(14(20)21)6-11(12)17(24)25/h1-6,15H,(H,18,19)(H,20,21). The average molecular weight is 347 g/mol. The van der Waals surface area contributed by atoms with E-state index in [9.17, 15) is 29.8 Å². The number of rotatable bonds is 6. The molecule has 3 N–H and O–H groups in total. The van der Waals surface area contributed by atoms with Crippen molar-refractivity contribution in [3.8, 4) is 0 Å². The number of nitro groups is 2. The maximum absolute atomic E-state index is 11.2. The van der Waals surface area contributed by atoms with Crippen molar-refractivity contribution in [3.05, 3.63) is 67.8 Å². The van der Waals surface area contributed by atoms with Crippen LogP contribution in [0, 0.1) is 20.2 Å². The van der Waals surface area contributed by atoms with E-state index in [4.69, 9.17) is 10.2 Å². The summed E-state index contributed by atoms with van der Waals surface area (Å²) in [5, 5.41) is 42.6. The Morgan fingerprint density at radius 1 is 0.840 bits per heavy atom. The molecule has 0 radical (unpaired) electrons. The second kappa shape index (κ2) is 6.62. The van der Waals surface area contributed by atoms with E-state index in [0.29, 0.717) is 12.1 Å². The van der Waals surface area contributed by atoms with E-state index < -0.39 is 44.4 Å². The highest BCUT2D eigenvalue weighted by Crippen LogP contribution is 2.37. The first-order valence-corrected chi connectivity index (χ1v) is 6.51. The lowest BCUT2D eigenvalue weighted by molar-refractivity contribution is -0.392. The molecule has 0 unspecified atom stereocenters. The van der Waals surface area contributed by atoms with Crippen LogP contribution in [-0.4, -0.2) is 32.0 Å². The number of nitro benzene ring substituents is 2. The van der Waals surface area contributed by atoms with Gasteiger partial charge in [-0.15, -0.1) is 0 Å². The molecule has 25 heavy (non-hydrogen) atoms. The second-order valence-electron chi connectivity index (χ2n) is 4.72. The van der Waals surface area contributed by atoms with Crippen molar-refractivity contribution < 1.29 is 29.6 Å². The van der Waals surface area contributed by atoms with Gasteiger partial charge in [0.25, 0.3) is 0 Å². The van der Waals surface area contributed by atoms with Crippen LogP contribution in [0.5, 0.6) is 0 Å². The summed E-state index contributed by atoms with van der Waals surface area (Å²) >= 11 is 0. The molecule has 0 aliphatic rings. The Kier molecular flexibility index (Phi) is 4.59. The number of aromatic carboxylic acids is 2. The molecule has 128 valence electrons. The number of carboxylic acids is 2. The number of nitrogens with one attached hydrogen (secondary N) is 1.